The number of benzene rings is 8. The van der Waals surface area contributed by atoms with Crippen LogP contribution in [0, 0.1) is 0 Å². The van der Waals surface area contributed by atoms with E-state index in [2.05, 4.69) is 216 Å². The van der Waals surface area contributed by atoms with Crippen molar-refractivity contribution in [1.82, 2.24) is 9.13 Å². The Morgan fingerprint density at radius 3 is 1.65 bits per heavy atom. The molecule has 10 aromatic rings. The lowest BCUT2D eigenvalue weighted by molar-refractivity contribution is 0.660. The summed E-state index contributed by atoms with van der Waals surface area (Å²) in [5.41, 5.74) is 15.8. The number of aromatic nitrogens is 2. The first kappa shape index (κ1) is 30.8. The van der Waals surface area contributed by atoms with Gasteiger partial charge in [0.15, 0.2) is 0 Å². The first-order chi connectivity index (χ1) is 26.6. The van der Waals surface area contributed by atoms with Crippen LogP contribution in [0.2, 0.25) is 0 Å². The quantitative estimate of drug-likeness (QED) is 0.175. The molecule has 0 saturated heterocycles. The second kappa shape index (κ2) is 11.6. The van der Waals surface area contributed by atoms with Crippen LogP contribution in [0.25, 0.3) is 66.1 Å². The summed E-state index contributed by atoms with van der Waals surface area (Å²) < 4.78 is 5.00. The summed E-state index contributed by atoms with van der Waals surface area (Å²) in [6.07, 6.45) is 0. The van der Waals surface area contributed by atoms with Crippen LogP contribution in [-0.4, -0.2) is 9.13 Å². The van der Waals surface area contributed by atoms with E-state index in [-0.39, 0.29) is 5.41 Å². The van der Waals surface area contributed by atoms with Gasteiger partial charge in [-0.05, 0) is 95.1 Å². The van der Waals surface area contributed by atoms with Crippen molar-refractivity contribution in [2.75, 3.05) is 4.90 Å². The van der Waals surface area contributed by atoms with Crippen molar-refractivity contribution in [2.24, 2.45) is 0 Å². The van der Waals surface area contributed by atoms with Crippen molar-refractivity contribution < 1.29 is 0 Å². The minimum atomic E-state index is -0.117. The zero-order chi connectivity index (χ0) is 36.0. The Bertz CT molecular complexity index is 3020. The highest BCUT2D eigenvalue weighted by Gasteiger charge is 2.35. The molecule has 0 amide bonds. The summed E-state index contributed by atoms with van der Waals surface area (Å²) in [7, 11) is 0. The first-order valence-electron chi connectivity index (χ1n) is 18.8. The fourth-order valence-corrected chi connectivity index (χ4v) is 9.22. The zero-order valence-electron chi connectivity index (χ0n) is 30.2. The molecule has 1 aliphatic carbocycles. The number of anilines is 3. The van der Waals surface area contributed by atoms with Gasteiger partial charge in [0.1, 0.15) is 0 Å². The SMILES string of the molecule is CC1(C)c2ccccc2-c2ccc(-n3c4ccc(N(c5ccccc5)c5ccccc5)cc4c4ccc5c6ccccc6n(-c6ccccc6)c5c43)cc21. The van der Waals surface area contributed by atoms with Crippen molar-refractivity contribution in [3.8, 4) is 22.5 Å². The van der Waals surface area contributed by atoms with Gasteiger partial charge in [-0.2, -0.15) is 0 Å². The minimum Gasteiger partial charge on any atom is -0.310 e. The van der Waals surface area contributed by atoms with Gasteiger partial charge in [0.2, 0.25) is 0 Å². The summed E-state index contributed by atoms with van der Waals surface area (Å²) in [6.45, 7) is 4.74. The Hall–Kier alpha value is -6.84. The van der Waals surface area contributed by atoms with E-state index in [4.69, 9.17) is 0 Å². The van der Waals surface area contributed by atoms with Crippen LogP contribution in [-0.2, 0) is 5.41 Å². The van der Waals surface area contributed by atoms with Gasteiger partial charge in [-0.15, -0.1) is 0 Å². The van der Waals surface area contributed by atoms with Crippen LogP contribution < -0.4 is 4.90 Å². The number of rotatable bonds is 5. The molecule has 2 heterocycles. The van der Waals surface area contributed by atoms with E-state index in [1.54, 1.807) is 0 Å². The molecule has 3 nitrogen and oxygen atoms in total. The van der Waals surface area contributed by atoms with Gasteiger partial charge < -0.3 is 14.0 Å². The molecule has 256 valence electrons. The van der Waals surface area contributed by atoms with Crippen LogP contribution in [0.1, 0.15) is 25.0 Å². The van der Waals surface area contributed by atoms with Gasteiger partial charge in [-0.25, -0.2) is 0 Å². The third-order valence-electron chi connectivity index (χ3n) is 11.7. The smallest absolute Gasteiger partial charge is 0.0788 e. The summed E-state index contributed by atoms with van der Waals surface area (Å²) in [6, 6.07) is 68.8. The summed E-state index contributed by atoms with van der Waals surface area (Å²) in [5, 5.41) is 4.94. The maximum Gasteiger partial charge on any atom is 0.0788 e. The number of nitrogens with zero attached hydrogens (tertiary/aromatic N) is 3. The van der Waals surface area contributed by atoms with Gasteiger partial charge in [-0.1, -0.05) is 129 Å². The third kappa shape index (κ3) is 4.36. The molecule has 0 atom stereocenters. The molecule has 8 aromatic carbocycles. The van der Waals surface area contributed by atoms with Crippen molar-refractivity contribution in [2.45, 2.75) is 19.3 Å². The number of hydrogen-bond donors (Lipinski definition) is 0. The fraction of sp³-hybridized carbons (Fsp3) is 0.0588. The Morgan fingerprint density at radius 2 is 0.926 bits per heavy atom. The lowest BCUT2D eigenvalue weighted by atomic mass is 9.82. The van der Waals surface area contributed by atoms with Crippen LogP contribution in [0.3, 0.4) is 0 Å². The Balaban J connectivity index is 1.27. The molecule has 3 heteroatoms. The lowest BCUT2D eigenvalue weighted by Gasteiger charge is -2.25. The van der Waals surface area contributed by atoms with E-state index in [1.807, 2.05) is 0 Å². The van der Waals surface area contributed by atoms with E-state index in [0.29, 0.717) is 0 Å². The normalized spacial score (nSPS) is 13.1. The molecule has 0 spiro atoms. The highest BCUT2D eigenvalue weighted by atomic mass is 15.1. The van der Waals surface area contributed by atoms with E-state index in [1.165, 1.54) is 71.6 Å². The van der Waals surface area contributed by atoms with Gasteiger partial charge >= 0.3 is 0 Å². The van der Waals surface area contributed by atoms with Crippen molar-refractivity contribution in [3.05, 3.63) is 199 Å². The molecule has 54 heavy (non-hydrogen) atoms. The summed E-state index contributed by atoms with van der Waals surface area (Å²) in [4.78, 5) is 2.36. The standard InChI is InChI=1S/C51H37N3/c1-51(2)45-24-14-12-22-39(45)40-28-26-38(33-46(40)51)54-48-31-27-37(52(34-16-6-3-7-17-34)35-18-8-4-9-19-35)32-44(48)43-30-29-42-41-23-13-15-25-47(41)53(49(42)50(43)54)36-20-10-5-11-21-36/h3-33H,1-2H3. The highest BCUT2D eigenvalue weighted by molar-refractivity contribution is 6.24. The van der Waals surface area contributed by atoms with E-state index < -0.39 is 0 Å². The molecule has 0 bridgehead atoms. The molecule has 0 aliphatic heterocycles. The second-order valence-corrected chi connectivity index (χ2v) is 15.0. The Morgan fingerprint density at radius 1 is 0.370 bits per heavy atom. The summed E-state index contributed by atoms with van der Waals surface area (Å²) >= 11 is 0. The first-order valence-corrected chi connectivity index (χ1v) is 18.8. The Labute approximate surface area is 314 Å². The maximum atomic E-state index is 2.53. The third-order valence-corrected chi connectivity index (χ3v) is 11.7. The van der Waals surface area contributed by atoms with Gasteiger partial charge in [0.25, 0.3) is 0 Å². The average molecular weight is 692 g/mol. The molecule has 0 saturated carbocycles. The molecular formula is C51H37N3. The lowest BCUT2D eigenvalue weighted by Crippen LogP contribution is -2.15. The number of hydrogen-bond acceptors (Lipinski definition) is 1. The molecule has 11 rings (SSSR count). The topological polar surface area (TPSA) is 13.1 Å². The van der Waals surface area contributed by atoms with Crippen molar-refractivity contribution in [3.63, 3.8) is 0 Å². The van der Waals surface area contributed by atoms with Crippen LogP contribution in [0.15, 0.2) is 188 Å². The molecule has 0 N–H and O–H groups in total. The average Bonchev–Trinajstić information content (AvgIpc) is 3.82. The zero-order valence-corrected chi connectivity index (χ0v) is 30.2. The van der Waals surface area contributed by atoms with Crippen LogP contribution >= 0.6 is 0 Å². The monoisotopic (exact) mass is 691 g/mol. The van der Waals surface area contributed by atoms with Gasteiger partial charge in [0, 0.05) is 55.4 Å². The van der Waals surface area contributed by atoms with Crippen LogP contribution in [0.4, 0.5) is 17.1 Å². The number of fused-ring (bicyclic) bond motifs is 10. The fourth-order valence-electron chi connectivity index (χ4n) is 9.22. The predicted octanol–water partition coefficient (Wildman–Crippen LogP) is 13.7. The number of para-hydroxylation sites is 4. The van der Waals surface area contributed by atoms with Gasteiger partial charge in [-0.3, -0.25) is 0 Å². The molecule has 2 aromatic heterocycles. The predicted molar refractivity (Wildman–Crippen MR) is 227 cm³/mol. The molecule has 0 unspecified atom stereocenters. The summed E-state index contributed by atoms with van der Waals surface area (Å²) in [5.74, 6) is 0. The maximum absolute atomic E-state index is 2.53. The molecule has 1 aliphatic rings. The van der Waals surface area contributed by atoms with E-state index in [9.17, 15) is 0 Å². The van der Waals surface area contributed by atoms with Crippen molar-refractivity contribution in [1.29, 1.82) is 0 Å². The van der Waals surface area contributed by atoms with Crippen LogP contribution in [0.5, 0.6) is 0 Å². The molecule has 0 fully saturated rings. The minimum absolute atomic E-state index is 0.117. The van der Waals surface area contributed by atoms with Crippen molar-refractivity contribution >= 4 is 60.7 Å². The highest BCUT2D eigenvalue weighted by Crippen LogP contribution is 2.50. The van der Waals surface area contributed by atoms with E-state index >= 15 is 0 Å². The van der Waals surface area contributed by atoms with Gasteiger partial charge in [0.05, 0.1) is 22.1 Å². The second-order valence-electron chi connectivity index (χ2n) is 15.0. The Kier molecular flexibility index (Phi) is 6.60. The van der Waals surface area contributed by atoms with E-state index in [0.717, 1.165) is 22.7 Å². The molecular weight excluding hydrogens is 655 g/mol. The molecule has 0 radical (unpaired) electrons. The largest absolute Gasteiger partial charge is 0.310 e.